The van der Waals surface area contributed by atoms with Crippen LogP contribution < -0.4 is 5.32 Å². The molecule has 3 nitrogen and oxygen atoms in total. The molecule has 1 aliphatic rings. The number of alkyl halides is 1. The van der Waals surface area contributed by atoms with Gasteiger partial charge in [-0.05, 0) is 24.6 Å². The average molecular weight is 332 g/mol. The van der Waals surface area contributed by atoms with Gasteiger partial charge < -0.3 is 0 Å². The summed E-state index contributed by atoms with van der Waals surface area (Å²) in [7, 11) is 0. The van der Waals surface area contributed by atoms with Crippen molar-refractivity contribution in [2.45, 2.75) is 16.7 Å². The SMILES string of the molecule is CC(Cl)(CSc1cccc2c1C(=O)NC2=O)c1ccccc1. The zero-order chi connectivity index (χ0) is 15.7. The lowest BCUT2D eigenvalue weighted by Gasteiger charge is -2.22. The van der Waals surface area contributed by atoms with Crippen LogP contribution >= 0.6 is 23.4 Å². The Kier molecular flexibility index (Phi) is 3.98. The van der Waals surface area contributed by atoms with E-state index in [1.54, 1.807) is 12.1 Å². The van der Waals surface area contributed by atoms with Crippen LogP contribution in [-0.4, -0.2) is 17.6 Å². The average Bonchev–Trinajstić information content (AvgIpc) is 2.82. The van der Waals surface area contributed by atoms with Gasteiger partial charge in [0.2, 0.25) is 0 Å². The molecule has 3 rings (SSSR count). The Morgan fingerprint density at radius 1 is 1.05 bits per heavy atom. The Morgan fingerprint density at radius 2 is 1.77 bits per heavy atom. The van der Waals surface area contributed by atoms with Gasteiger partial charge in [-0.25, -0.2) is 0 Å². The number of rotatable bonds is 4. The summed E-state index contributed by atoms with van der Waals surface area (Å²) < 4.78 is 0. The number of carbonyl (C=O) groups is 2. The van der Waals surface area contributed by atoms with E-state index in [1.165, 1.54) is 11.8 Å². The lowest BCUT2D eigenvalue weighted by atomic mass is 10.0. The zero-order valence-corrected chi connectivity index (χ0v) is 13.5. The highest BCUT2D eigenvalue weighted by molar-refractivity contribution is 7.99. The summed E-state index contributed by atoms with van der Waals surface area (Å²) >= 11 is 8.13. The first-order valence-electron chi connectivity index (χ1n) is 6.85. The molecule has 1 atom stereocenters. The molecule has 2 amide bonds. The highest BCUT2D eigenvalue weighted by atomic mass is 35.5. The van der Waals surface area contributed by atoms with E-state index in [-0.39, 0.29) is 11.8 Å². The highest BCUT2D eigenvalue weighted by Crippen LogP contribution is 2.37. The fraction of sp³-hybridized carbons (Fsp3) is 0.176. The Hall–Kier alpha value is -1.78. The Morgan fingerprint density at radius 3 is 2.50 bits per heavy atom. The number of benzene rings is 2. The number of hydrogen-bond acceptors (Lipinski definition) is 3. The quantitative estimate of drug-likeness (QED) is 0.526. The fourth-order valence-corrected chi connectivity index (χ4v) is 3.79. The molecule has 22 heavy (non-hydrogen) atoms. The van der Waals surface area contributed by atoms with Crippen LogP contribution in [0.15, 0.2) is 53.4 Å². The zero-order valence-electron chi connectivity index (χ0n) is 11.9. The molecule has 2 aromatic rings. The normalized spacial score (nSPS) is 16.1. The van der Waals surface area contributed by atoms with Crippen LogP contribution in [-0.2, 0) is 4.87 Å². The van der Waals surface area contributed by atoms with Crippen LogP contribution in [0, 0.1) is 0 Å². The first kappa shape index (κ1) is 15.1. The molecule has 0 spiro atoms. The van der Waals surface area contributed by atoms with Crippen LogP contribution in [0.25, 0.3) is 0 Å². The minimum Gasteiger partial charge on any atom is -0.288 e. The molecule has 0 aromatic heterocycles. The van der Waals surface area contributed by atoms with E-state index < -0.39 is 4.87 Å². The van der Waals surface area contributed by atoms with Crippen LogP contribution in [0.5, 0.6) is 0 Å². The van der Waals surface area contributed by atoms with Gasteiger partial charge in [0, 0.05) is 10.6 Å². The number of imide groups is 1. The van der Waals surface area contributed by atoms with Gasteiger partial charge in [0.05, 0.1) is 16.0 Å². The number of nitrogens with one attached hydrogen (secondary N) is 1. The third kappa shape index (κ3) is 2.76. The monoisotopic (exact) mass is 331 g/mol. The highest BCUT2D eigenvalue weighted by Gasteiger charge is 2.31. The molecule has 5 heteroatoms. The van der Waals surface area contributed by atoms with Gasteiger partial charge in [0.15, 0.2) is 0 Å². The maximum absolute atomic E-state index is 11.9. The van der Waals surface area contributed by atoms with E-state index >= 15 is 0 Å². The van der Waals surface area contributed by atoms with Crippen LogP contribution in [0.2, 0.25) is 0 Å². The van der Waals surface area contributed by atoms with E-state index in [1.807, 2.05) is 43.3 Å². The molecule has 0 fully saturated rings. The van der Waals surface area contributed by atoms with E-state index in [0.29, 0.717) is 16.9 Å². The Balaban J connectivity index is 1.84. The molecule has 2 aromatic carbocycles. The fourth-order valence-electron chi connectivity index (χ4n) is 2.39. The van der Waals surface area contributed by atoms with E-state index in [2.05, 4.69) is 5.32 Å². The number of carbonyl (C=O) groups excluding carboxylic acids is 2. The number of fused-ring (bicyclic) bond motifs is 1. The summed E-state index contributed by atoms with van der Waals surface area (Å²) in [6.07, 6.45) is 0. The van der Waals surface area contributed by atoms with Crippen molar-refractivity contribution in [2.24, 2.45) is 0 Å². The second-order valence-corrected chi connectivity index (χ2v) is 7.17. The molecule has 1 N–H and O–H groups in total. The van der Waals surface area contributed by atoms with E-state index in [4.69, 9.17) is 11.6 Å². The van der Waals surface area contributed by atoms with Crippen molar-refractivity contribution < 1.29 is 9.59 Å². The molecule has 112 valence electrons. The van der Waals surface area contributed by atoms with Gasteiger partial charge in [0.25, 0.3) is 11.8 Å². The summed E-state index contributed by atoms with van der Waals surface area (Å²) in [6, 6.07) is 15.1. The number of amides is 2. The van der Waals surface area contributed by atoms with Crippen molar-refractivity contribution in [3.8, 4) is 0 Å². The number of hydrogen-bond donors (Lipinski definition) is 1. The molecule has 1 heterocycles. The summed E-state index contributed by atoms with van der Waals surface area (Å²) in [6.45, 7) is 1.95. The van der Waals surface area contributed by atoms with Crippen molar-refractivity contribution in [1.29, 1.82) is 0 Å². The maximum atomic E-state index is 11.9. The topological polar surface area (TPSA) is 46.2 Å². The Labute approximate surface area is 138 Å². The van der Waals surface area contributed by atoms with Gasteiger partial charge in [-0.3, -0.25) is 14.9 Å². The van der Waals surface area contributed by atoms with E-state index in [9.17, 15) is 9.59 Å². The second-order valence-electron chi connectivity index (χ2n) is 5.31. The summed E-state index contributed by atoms with van der Waals surface area (Å²) in [5.74, 6) is -0.0746. The minimum atomic E-state index is -0.548. The third-order valence-electron chi connectivity index (χ3n) is 3.60. The third-order valence-corrected chi connectivity index (χ3v) is 5.48. The molecular weight excluding hydrogens is 318 g/mol. The summed E-state index contributed by atoms with van der Waals surface area (Å²) in [4.78, 5) is 23.8. The van der Waals surface area contributed by atoms with Gasteiger partial charge in [-0.2, -0.15) is 0 Å². The van der Waals surface area contributed by atoms with Crippen molar-refractivity contribution in [3.05, 3.63) is 65.2 Å². The van der Waals surface area contributed by atoms with Crippen LogP contribution in [0.4, 0.5) is 0 Å². The van der Waals surface area contributed by atoms with Gasteiger partial charge in [-0.1, -0.05) is 36.4 Å². The predicted octanol–water partition coefficient (Wildman–Crippen LogP) is 3.82. The summed E-state index contributed by atoms with van der Waals surface area (Å²) in [5.41, 5.74) is 1.92. The molecule has 1 unspecified atom stereocenters. The van der Waals surface area contributed by atoms with Crippen molar-refractivity contribution >= 4 is 35.2 Å². The summed E-state index contributed by atoms with van der Waals surface area (Å²) in [5, 5.41) is 2.33. The van der Waals surface area contributed by atoms with Gasteiger partial charge in [-0.15, -0.1) is 23.4 Å². The lowest BCUT2D eigenvalue weighted by molar-refractivity contribution is 0.0879. The first-order valence-corrected chi connectivity index (χ1v) is 8.21. The molecule has 0 radical (unpaired) electrons. The molecule has 0 saturated heterocycles. The lowest BCUT2D eigenvalue weighted by Crippen LogP contribution is -2.20. The van der Waals surface area contributed by atoms with Crippen molar-refractivity contribution in [2.75, 3.05) is 5.75 Å². The van der Waals surface area contributed by atoms with E-state index in [0.717, 1.165) is 10.5 Å². The predicted molar refractivity (Wildman–Crippen MR) is 88.6 cm³/mol. The smallest absolute Gasteiger partial charge is 0.260 e. The van der Waals surface area contributed by atoms with Gasteiger partial charge >= 0.3 is 0 Å². The molecule has 1 aliphatic heterocycles. The maximum Gasteiger partial charge on any atom is 0.260 e. The van der Waals surface area contributed by atoms with Crippen molar-refractivity contribution in [1.82, 2.24) is 5.32 Å². The number of halogens is 1. The van der Waals surface area contributed by atoms with Crippen molar-refractivity contribution in [3.63, 3.8) is 0 Å². The number of thioether (sulfide) groups is 1. The first-order chi connectivity index (χ1) is 10.5. The van der Waals surface area contributed by atoms with Crippen LogP contribution in [0.3, 0.4) is 0 Å². The van der Waals surface area contributed by atoms with Gasteiger partial charge in [0.1, 0.15) is 0 Å². The minimum absolute atomic E-state index is 0.334. The van der Waals surface area contributed by atoms with Crippen LogP contribution in [0.1, 0.15) is 33.2 Å². The molecule has 0 aliphatic carbocycles. The molecule has 0 saturated carbocycles. The standard InChI is InChI=1S/C17H14ClNO2S/c1-17(18,11-6-3-2-4-7-11)10-22-13-9-5-8-12-14(13)16(21)19-15(12)20/h2-9H,10H2,1H3,(H,19,20,21). The largest absolute Gasteiger partial charge is 0.288 e. The second kappa shape index (κ2) is 5.78. The molecule has 0 bridgehead atoms. The Bertz CT molecular complexity index is 744. The molecular formula is C17H14ClNO2S.